The van der Waals surface area contributed by atoms with Crippen molar-refractivity contribution in [3.8, 4) is 5.75 Å². The van der Waals surface area contributed by atoms with E-state index in [0.29, 0.717) is 0 Å². The number of rotatable bonds is 6. The number of aromatic hydroxyl groups is 1. The van der Waals surface area contributed by atoms with E-state index in [1.807, 2.05) is 0 Å². The summed E-state index contributed by atoms with van der Waals surface area (Å²) in [6.45, 7) is 0. The fraction of sp³-hybridized carbons (Fsp3) is 0.250. The standard InChI is InChI=1S/C12H14NO5P/c13-12(11(15)16,8-19(17)18)7-1-2-9-3-5-10(14)6-4-9/h1-6,14H,7-8,13H2,(H,15,16)/b2-1+. The average molecular weight is 283 g/mol. The predicted molar refractivity (Wildman–Crippen MR) is 69.5 cm³/mol. The van der Waals surface area contributed by atoms with Crippen molar-refractivity contribution in [2.24, 2.45) is 5.73 Å². The molecule has 0 amide bonds. The lowest BCUT2D eigenvalue weighted by atomic mass is 9.98. The molecule has 1 rings (SSSR count). The number of phenolic OH excluding ortho intramolecular Hbond substituents is 1. The van der Waals surface area contributed by atoms with Crippen molar-refractivity contribution in [1.29, 1.82) is 0 Å². The van der Waals surface area contributed by atoms with Crippen LogP contribution in [0.5, 0.6) is 5.75 Å². The minimum Gasteiger partial charge on any atom is -0.508 e. The molecule has 0 bridgehead atoms. The molecule has 0 saturated heterocycles. The van der Waals surface area contributed by atoms with E-state index in [0.717, 1.165) is 5.56 Å². The zero-order chi connectivity index (χ0) is 14.5. The Bertz CT molecular complexity index is 542. The number of hydrogen-bond acceptors (Lipinski definition) is 5. The lowest BCUT2D eigenvalue weighted by Gasteiger charge is -2.19. The molecule has 0 heterocycles. The lowest BCUT2D eigenvalue weighted by Crippen LogP contribution is -2.49. The second-order valence-corrected chi connectivity index (χ2v) is 5.13. The van der Waals surface area contributed by atoms with E-state index in [1.54, 1.807) is 18.2 Å². The first-order valence-corrected chi connectivity index (χ1v) is 6.79. The Kier molecular flexibility index (Phi) is 5.03. The van der Waals surface area contributed by atoms with Gasteiger partial charge in [-0.2, -0.15) is 0 Å². The van der Waals surface area contributed by atoms with Crippen LogP contribution in [0.1, 0.15) is 12.0 Å². The number of hydrogen-bond donors (Lipinski definition) is 3. The summed E-state index contributed by atoms with van der Waals surface area (Å²) in [6.07, 6.45) is 2.39. The van der Waals surface area contributed by atoms with Crippen molar-refractivity contribution in [3.63, 3.8) is 0 Å². The second kappa shape index (κ2) is 6.31. The molecule has 0 aliphatic rings. The van der Waals surface area contributed by atoms with Crippen molar-refractivity contribution >= 4 is 19.7 Å². The van der Waals surface area contributed by atoms with Gasteiger partial charge in [-0.3, -0.25) is 4.79 Å². The van der Waals surface area contributed by atoms with Crippen LogP contribution in [-0.2, 0) is 13.9 Å². The van der Waals surface area contributed by atoms with Crippen LogP contribution in [0.15, 0.2) is 30.3 Å². The summed E-state index contributed by atoms with van der Waals surface area (Å²) in [5, 5.41) is 18.0. The van der Waals surface area contributed by atoms with Gasteiger partial charge in [-0.1, -0.05) is 24.3 Å². The van der Waals surface area contributed by atoms with Crippen LogP contribution in [0.4, 0.5) is 0 Å². The molecule has 1 aromatic carbocycles. The molecular weight excluding hydrogens is 269 g/mol. The van der Waals surface area contributed by atoms with Gasteiger partial charge in [0.15, 0.2) is 0 Å². The lowest BCUT2D eigenvalue weighted by molar-refractivity contribution is -0.142. The van der Waals surface area contributed by atoms with E-state index in [9.17, 15) is 13.9 Å². The minimum atomic E-state index is -2.87. The largest absolute Gasteiger partial charge is 0.508 e. The molecule has 0 aromatic heterocycles. The third-order valence-corrected chi connectivity index (χ3v) is 3.35. The van der Waals surface area contributed by atoms with Crippen molar-refractivity contribution < 1.29 is 24.1 Å². The highest BCUT2D eigenvalue weighted by Gasteiger charge is 2.34. The normalized spacial score (nSPS) is 14.2. The Morgan fingerprint density at radius 2 is 1.89 bits per heavy atom. The maximum Gasteiger partial charge on any atom is 0.324 e. The van der Waals surface area contributed by atoms with Gasteiger partial charge in [0.1, 0.15) is 11.3 Å². The molecule has 0 aliphatic carbocycles. The molecule has 6 nitrogen and oxygen atoms in total. The number of carboxylic acid groups (broad SMARTS) is 1. The van der Waals surface area contributed by atoms with Crippen molar-refractivity contribution in [1.82, 2.24) is 0 Å². The van der Waals surface area contributed by atoms with Crippen LogP contribution in [0.3, 0.4) is 0 Å². The van der Waals surface area contributed by atoms with Gasteiger partial charge in [0, 0.05) is 0 Å². The van der Waals surface area contributed by atoms with Crippen LogP contribution in [0, 0.1) is 0 Å². The highest BCUT2D eigenvalue weighted by atomic mass is 31.1. The summed E-state index contributed by atoms with van der Waals surface area (Å²) < 4.78 is 21.3. The molecule has 1 aromatic rings. The molecule has 0 saturated carbocycles. The third-order valence-electron chi connectivity index (χ3n) is 2.52. The Hall–Kier alpha value is -1.91. The number of carbonyl (C=O) groups is 1. The summed E-state index contributed by atoms with van der Waals surface area (Å²) in [7, 11) is -2.87. The predicted octanol–water partition coefficient (Wildman–Crippen LogP) is 1.75. The van der Waals surface area contributed by atoms with Crippen LogP contribution in [-0.4, -0.2) is 27.9 Å². The van der Waals surface area contributed by atoms with Crippen molar-refractivity contribution in [2.45, 2.75) is 12.0 Å². The SMILES string of the molecule is NC(C/C=C/c1ccc(O)cc1)(CP(=O)=O)C(=O)O. The van der Waals surface area contributed by atoms with Gasteiger partial charge in [0.2, 0.25) is 0 Å². The summed E-state index contributed by atoms with van der Waals surface area (Å²) in [5.41, 5.74) is 4.49. The maximum absolute atomic E-state index is 11.0. The Labute approximate surface area is 110 Å². The fourth-order valence-corrected chi connectivity index (χ4v) is 2.17. The topological polar surface area (TPSA) is 118 Å². The molecule has 102 valence electrons. The minimum absolute atomic E-state index is 0.105. The summed E-state index contributed by atoms with van der Waals surface area (Å²) in [5.74, 6) is -1.23. The van der Waals surface area contributed by atoms with E-state index in [-0.39, 0.29) is 12.2 Å². The monoisotopic (exact) mass is 283 g/mol. The summed E-state index contributed by atoms with van der Waals surface area (Å²) in [4.78, 5) is 11.0. The van der Waals surface area contributed by atoms with E-state index >= 15 is 0 Å². The molecular formula is C12H14NO5P. The molecule has 0 aliphatic heterocycles. The summed E-state index contributed by atoms with van der Waals surface area (Å²) >= 11 is 0. The van der Waals surface area contributed by atoms with E-state index in [4.69, 9.17) is 15.9 Å². The number of aliphatic carboxylic acids is 1. The van der Waals surface area contributed by atoms with E-state index < -0.39 is 25.4 Å². The summed E-state index contributed by atoms with van der Waals surface area (Å²) in [6, 6.07) is 6.25. The van der Waals surface area contributed by atoms with Crippen LogP contribution in [0.25, 0.3) is 6.08 Å². The van der Waals surface area contributed by atoms with Crippen LogP contribution < -0.4 is 5.73 Å². The first-order valence-electron chi connectivity index (χ1n) is 5.43. The zero-order valence-electron chi connectivity index (χ0n) is 10.0. The molecule has 1 unspecified atom stereocenters. The third kappa shape index (κ3) is 4.69. The maximum atomic E-state index is 11.0. The highest BCUT2D eigenvalue weighted by molar-refractivity contribution is 7.31. The number of carboxylic acids is 1. The Morgan fingerprint density at radius 1 is 1.32 bits per heavy atom. The highest BCUT2D eigenvalue weighted by Crippen LogP contribution is 2.19. The quantitative estimate of drug-likeness (QED) is 0.684. The van der Waals surface area contributed by atoms with E-state index in [1.165, 1.54) is 18.2 Å². The smallest absolute Gasteiger partial charge is 0.324 e. The van der Waals surface area contributed by atoms with Gasteiger partial charge < -0.3 is 15.9 Å². The van der Waals surface area contributed by atoms with Gasteiger partial charge in [-0.05, 0) is 24.1 Å². The van der Waals surface area contributed by atoms with Gasteiger partial charge in [0.05, 0.1) is 6.16 Å². The van der Waals surface area contributed by atoms with Crippen molar-refractivity contribution in [3.05, 3.63) is 35.9 Å². The van der Waals surface area contributed by atoms with E-state index in [2.05, 4.69) is 0 Å². The molecule has 19 heavy (non-hydrogen) atoms. The molecule has 0 radical (unpaired) electrons. The van der Waals surface area contributed by atoms with Crippen LogP contribution in [0.2, 0.25) is 0 Å². The second-order valence-electron chi connectivity index (χ2n) is 4.15. The number of phenols is 1. The molecule has 4 N–H and O–H groups in total. The van der Waals surface area contributed by atoms with Gasteiger partial charge in [-0.25, -0.2) is 9.13 Å². The fourth-order valence-electron chi connectivity index (χ4n) is 1.44. The molecule has 7 heteroatoms. The number of benzene rings is 1. The first kappa shape index (κ1) is 15.1. The Balaban J connectivity index is 2.76. The zero-order valence-corrected chi connectivity index (χ0v) is 10.9. The molecule has 1 atom stereocenters. The Morgan fingerprint density at radius 3 is 2.37 bits per heavy atom. The molecule has 0 fully saturated rings. The van der Waals surface area contributed by atoms with Crippen molar-refractivity contribution in [2.75, 3.05) is 6.16 Å². The number of nitrogens with two attached hydrogens (primary N) is 1. The molecule has 0 spiro atoms. The average Bonchev–Trinajstić information content (AvgIpc) is 2.30. The van der Waals surface area contributed by atoms with Gasteiger partial charge in [0.25, 0.3) is 0 Å². The first-order chi connectivity index (χ1) is 8.83. The van der Waals surface area contributed by atoms with Gasteiger partial charge in [-0.15, -0.1) is 0 Å². The van der Waals surface area contributed by atoms with Crippen LogP contribution >= 0.6 is 7.68 Å². The van der Waals surface area contributed by atoms with Gasteiger partial charge >= 0.3 is 13.6 Å².